The van der Waals surface area contributed by atoms with Gasteiger partial charge in [-0.1, -0.05) is 18.9 Å². The smallest absolute Gasteiger partial charge is 0.250 e. The van der Waals surface area contributed by atoms with Gasteiger partial charge < -0.3 is 15.0 Å². The predicted molar refractivity (Wildman–Crippen MR) is 80.4 cm³/mol. The Kier molecular flexibility index (Phi) is 3.11. The summed E-state index contributed by atoms with van der Waals surface area (Å²) >= 11 is 0. The van der Waals surface area contributed by atoms with Gasteiger partial charge in [0.15, 0.2) is 0 Å². The third-order valence-electron chi connectivity index (χ3n) is 4.55. The second-order valence-corrected chi connectivity index (χ2v) is 6.01. The summed E-state index contributed by atoms with van der Waals surface area (Å²) in [6.07, 6.45) is 4.12. The number of methoxy groups -OCH3 is 1. The van der Waals surface area contributed by atoms with E-state index in [0.717, 1.165) is 42.8 Å². The lowest BCUT2D eigenvalue weighted by molar-refractivity contribution is -0.121. The summed E-state index contributed by atoms with van der Waals surface area (Å²) in [6, 6.07) is 6.25. The van der Waals surface area contributed by atoms with Crippen molar-refractivity contribution in [3.8, 4) is 5.75 Å². The first kappa shape index (κ1) is 13.3. The summed E-state index contributed by atoms with van der Waals surface area (Å²) in [6.45, 7) is 4.31. The van der Waals surface area contributed by atoms with E-state index >= 15 is 0 Å². The monoisotopic (exact) mass is 274 g/mol. The highest BCUT2D eigenvalue weighted by molar-refractivity contribution is 6.08. The van der Waals surface area contributed by atoms with Crippen molar-refractivity contribution in [1.29, 1.82) is 0 Å². The molecule has 1 fully saturated rings. The Balaban J connectivity index is 2.17. The molecule has 1 amide bonds. The van der Waals surface area contributed by atoms with Crippen LogP contribution in [0.5, 0.6) is 5.75 Å². The number of amides is 1. The summed E-state index contributed by atoms with van der Waals surface area (Å²) in [5, 5.41) is 3.09. The molecule has 1 aliphatic carbocycles. The van der Waals surface area contributed by atoms with Gasteiger partial charge in [-0.05, 0) is 38.8 Å². The van der Waals surface area contributed by atoms with E-state index in [2.05, 4.69) is 30.1 Å². The number of carbonyl (C=O) groups excluding carboxylic acids is 1. The molecule has 0 radical (unpaired) electrons. The van der Waals surface area contributed by atoms with E-state index in [9.17, 15) is 4.79 Å². The molecule has 1 aliphatic heterocycles. The molecule has 0 atom stereocenters. The second kappa shape index (κ2) is 4.69. The molecular weight excluding hydrogens is 252 g/mol. The molecule has 1 spiro atoms. The van der Waals surface area contributed by atoms with Crippen molar-refractivity contribution in [1.82, 2.24) is 0 Å². The number of ether oxygens (including phenoxy) is 1. The Morgan fingerprint density at radius 3 is 2.60 bits per heavy atom. The second-order valence-electron chi connectivity index (χ2n) is 6.01. The maximum atomic E-state index is 12.8. The molecule has 1 saturated carbocycles. The fourth-order valence-corrected chi connectivity index (χ4v) is 3.79. The number of hydrogen-bond donors (Lipinski definition) is 1. The first-order chi connectivity index (χ1) is 9.60. The van der Waals surface area contributed by atoms with E-state index < -0.39 is 0 Å². The van der Waals surface area contributed by atoms with E-state index in [1.165, 1.54) is 0 Å². The zero-order valence-electron chi connectivity index (χ0n) is 12.4. The molecule has 1 N–H and O–H groups in total. The van der Waals surface area contributed by atoms with Gasteiger partial charge in [-0.15, -0.1) is 0 Å². The number of para-hydroxylation sites is 1. The molecule has 0 saturated heterocycles. The molecule has 4 heteroatoms. The van der Waals surface area contributed by atoms with E-state index in [0.29, 0.717) is 0 Å². The summed E-state index contributed by atoms with van der Waals surface area (Å²) in [5.41, 5.74) is 1.53. The minimum absolute atomic E-state index is 0.126. The van der Waals surface area contributed by atoms with Crippen LogP contribution in [0, 0.1) is 0 Å². The Bertz CT molecular complexity index is 533. The van der Waals surface area contributed by atoms with Gasteiger partial charge in [0.1, 0.15) is 17.0 Å². The van der Waals surface area contributed by atoms with Crippen LogP contribution in [-0.2, 0) is 4.79 Å². The lowest BCUT2D eigenvalue weighted by Crippen LogP contribution is -2.60. The predicted octanol–water partition coefficient (Wildman–Crippen LogP) is 3.17. The molecule has 3 rings (SSSR count). The lowest BCUT2D eigenvalue weighted by atomic mass is 9.88. The SMILES string of the molecule is COc1cccc2c1NC(=O)C1(CCCC1)N2C(C)C. The molecule has 1 aromatic carbocycles. The molecule has 1 aromatic rings. The van der Waals surface area contributed by atoms with Gasteiger partial charge in [0.25, 0.3) is 0 Å². The van der Waals surface area contributed by atoms with Crippen molar-refractivity contribution in [3.05, 3.63) is 18.2 Å². The van der Waals surface area contributed by atoms with Gasteiger partial charge in [0, 0.05) is 6.04 Å². The standard InChI is InChI=1S/C16H22N2O2/c1-11(2)18-12-7-6-8-13(20-3)14(12)17-15(19)16(18)9-4-5-10-16/h6-8,11H,4-5,9-10H2,1-3H3,(H,17,19). The largest absolute Gasteiger partial charge is 0.494 e. The quantitative estimate of drug-likeness (QED) is 0.900. The van der Waals surface area contributed by atoms with Crippen molar-refractivity contribution in [2.24, 2.45) is 0 Å². The number of hydrogen-bond acceptors (Lipinski definition) is 3. The van der Waals surface area contributed by atoms with E-state index in [1.54, 1.807) is 7.11 Å². The Hall–Kier alpha value is -1.71. The van der Waals surface area contributed by atoms with Crippen molar-refractivity contribution >= 4 is 17.3 Å². The Morgan fingerprint density at radius 1 is 1.30 bits per heavy atom. The topological polar surface area (TPSA) is 41.6 Å². The number of nitrogens with one attached hydrogen (secondary N) is 1. The Morgan fingerprint density at radius 2 is 2.00 bits per heavy atom. The maximum absolute atomic E-state index is 12.8. The third kappa shape index (κ3) is 1.70. The fourth-order valence-electron chi connectivity index (χ4n) is 3.79. The molecular formula is C16H22N2O2. The minimum Gasteiger partial charge on any atom is -0.494 e. The van der Waals surface area contributed by atoms with Crippen LogP contribution in [-0.4, -0.2) is 24.6 Å². The molecule has 0 unspecified atom stereocenters. The van der Waals surface area contributed by atoms with Crippen LogP contribution < -0.4 is 15.0 Å². The third-order valence-corrected chi connectivity index (χ3v) is 4.55. The van der Waals surface area contributed by atoms with Crippen molar-refractivity contribution in [2.45, 2.75) is 51.1 Å². The average molecular weight is 274 g/mol. The summed E-state index contributed by atoms with van der Waals surface area (Å²) < 4.78 is 5.40. The van der Waals surface area contributed by atoms with Crippen LogP contribution in [0.4, 0.5) is 11.4 Å². The lowest BCUT2D eigenvalue weighted by Gasteiger charge is -2.48. The van der Waals surface area contributed by atoms with Gasteiger partial charge in [-0.2, -0.15) is 0 Å². The van der Waals surface area contributed by atoms with E-state index in [-0.39, 0.29) is 17.5 Å². The van der Waals surface area contributed by atoms with Crippen LogP contribution in [0.1, 0.15) is 39.5 Å². The zero-order valence-corrected chi connectivity index (χ0v) is 12.4. The number of benzene rings is 1. The van der Waals surface area contributed by atoms with Gasteiger partial charge in [0.05, 0.1) is 12.8 Å². The zero-order chi connectivity index (χ0) is 14.3. The van der Waals surface area contributed by atoms with Crippen LogP contribution in [0.15, 0.2) is 18.2 Å². The van der Waals surface area contributed by atoms with Crippen LogP contribution in [0.25, 0.3) is 0 Å². The number of fused-ring (bicyclic) bond motifs is 1. The van der Waals surface area contributed by atoms with Crippen molar-refractivity contribution < 1.29 is 9.53 Å². The van der Waals surface area contributed by atoms with Crippen LogP contribution >= 0.6 is 0 Å². The molecule has 4 nitrogen and oxygen atoms in total. The first-order valence-electron chi connectivity index (χ1n) is 7.38. The first-order valence-corrected chi connectivity index (χ1v) is 7.38. The maximum Gasteiger partial charge on any atom is 0.250 e. The molecule has 0 bridgehead atoms. The summed E-state index contributed by atoms with van der Waals surface area (Å²) in [7, 11) is 1.64. The van der Waals surface area contributed by atoms with Crippen molar-refractivity contribution in [2.75, 3.05) is 17.3 Å². The molecule has 2 aliphatic rings. The molecule has 20 heavy (non-hydrogen) atoms. The van der Waals surface area contributed by atoms with E-state index in [4.69, 9.17) is 4.74 Å². The molecule has 108 valence electrons. The van der Waals surface area contributed by atoms with Crippen molar-refractivity contribution in [3.63, 3.8) is 0 Å². The van der Waals surface area contributed by atoms with Crippen LogP contribution in [0.2, 0.25) is 0 Å². The highest BCUT2D eigenvalue weighted by atomic mass is 16.5. The van der Waals surface area contributed by atoms with Crippen LogP contribution in [0.3, 0.4) is 0 Å². The van der Waals surface area contributed by atoms with Gasteiger partial charge in [-0.3, -0.25) is 4.79 Å². The molecule has 0 aromatic heterocycles. The van der Waals surface area contributed by atoms with Gasteiger partial charge in [0.2, 0.25) is 5.91 Å². The fraction of sp³-hybridized carbons (Fsp3) is 0.562. The number of rotatable bonds is 2. The van der Waals surface area contributed by atoms with E-state index in [1.807, 2.05) is 12.1 Å². The molecule has 1 heterocycles. The summed E-state index contributed by atoms with van der Waals surface area (Å²) in [4.78, 5) is 15.1. The number of carbonyl (C=O) groups is 1. The summed E-state index contributed by atoms with van der Waals surface area (Å²) in [5.74, 6) is 0.857. The number of nitrogens with zero attached hydrogens (tertiary/aromatic N) is 1. The highest BCUT2D eigenvalue weighted by Gasteiger charge is 2.50. The normalized spacial score (nSPS) is 20.2. The van der Waals surface area contributed by atoms with Gasteiger partial charge in [-0.25, -0.2) is 0 Å². The highest BCUT2D eigenvalue weighted by Crippen LogP contribution is 2.48. The minimum atomic E-state index is -0.368. The average Bonchev–Trinajstić information content (AvgIpc) is 2.89. The Labute approximate surface area is 120 Å². The number of anilines is 2. The van der Waals surface area contributed by atoms with Gasteiger partial charge >= 0.3 is 0 Å².